The lowest BCUT2D eigenvalue weighted by molar-refractivity contribution is 0.885. The first-order chi connectivity index (χ1) is 8.69. The number of rotatable bonds is 3. The Morgan fingerprint density at radius 1 is 1.28 bits per heavy atom. The number of hydrogen-bond donors (Lipinski definition) is 0. The molecule has 18 heavy (non-hydrogen) atoms. The van der Waals surface area contributed by atoms with Gasteiger partial charge in [-0.25, -0.2) is 4.98 Å². The van der Waals surface area contributed by atoms with Gasteiger partial charge in [0.2, 0.25) is 0 Å². The Kier molecular flexibility index (Phi) is 3.81. The van der Waals surface area contributed by atoms with Crippen molar-refractivity contribution in [3.63, 3.8) is 0 Å². The zero-order valence-electron chi connectivity index (χ0n) is 9.97. The van der Waals surface area contributed by atoms with Crippen molar-refractivity contribution in [3.8, 4) is 6.07 Å². The molecule has 2 aromatic rings. The molecule has 0 fully saturated rings. The van der Waals surface area contributed by atoms with Crippen LogP contribution in [0.2, 0.25) is 5.15 Å². The second-order valence-corrected chi connectivity index (χ2v) is 4.36. The molecule has 90 valence electrons. The number of hydrogen-bond acceptors (Lipinski definition) is 3. The summed E-state index contributed by atoms with van der Waals surface area (Å²) in [6.07, 6.45) is 0. The van der Waals surface area contributed by atoms with Crippen molar-refractivity contribution in [2.24, 2.45) is 0 Å². The molecule has 0 unspecified atom stereocenters. The van der Waals surface area contributed by atoms with Gasteiger partial charge < -0.3 is 4.90 Å². The predicted molar refractivity (Wildman–Crippen MR) is 72.5 cm³/mol. The quantitative estimate of drug-likeness (QED) is 0.793. The minimum absolute atomic E-state index is 0.492. The Bertz CT molecular complexity index is 590. The summed E-state index contributed by atoms with van der Waals surface area (Å²) < 4.78 is 0. The van der Waals surface area contributed by atoms with Crippen LogP contribution in [0.25, 0.3) is 0 Å². The SMILES string of the molecule is CN(Cc1cccc(Cl)n1)c1cccc(C#N)c1. The van der Waals surface area contributed by atoms with E-state index in [2.05, 4.69) is 11.1 Å². The third kappa shape index (κ3) is 2.99. The molecule has 2 rings (SSSR count). The highest BCUT2D eigenvalue weighted by Crippen LogP contribution is 2.17. The molecule has 0 saturated heterocycles. The van der Waals surface area contributed by atoms with Gasteiger partial charge >= 0.3 is 0 Å². The van der Waals surface area contributed by atoms with E-state index in [1.54, 1.807) is 12.1 Å². The van der Waals surface area contributed by atoms with Crippen LogP contribution in [-0.4, -0.2) is 12.0 Å². The summed E-state index contributed by atoms with van der Waals surface area (Å²) in [5, 5.41) is 9.36. The molecule has 0 atom stereocenters. The van der Waals surface area contributed by atoms with E-state index in [1.807, 2.05) is 42.3 Å². The Hall–Kier alpha value is -2.05. The zero-order valence-corrected chi connectivity index (χ0v) is 10.7. The summed E-state index contributed by atoms with van der Waals surface area (Å²) in [4.78, 5) is 6.27. The molecule has 4 heteroatoms. The van der Waals surface area contributed by atoms with Gasteiger partial charge in [-0.3, -0.25) is 0 Å². The summed E-state index contributed by atoms with van der Waals surface area (Å²) in [6, 6.07) is 15.2. The van der Waals surface area contributed by atoms with Gasteiger partial charge in [0.25, 0.3) is 0 Å². The molecule has 1 heterocycles. The summed E-state index contributed by atoms with van der Waals surface area (Å²) in [5.41, 5.74) is 2.53. The highest BCUT2D eigenvalue weighted by molar-refractivity contribution is 6.29. The monoisotopic (exact) mass is 257 g/mol. The molecule has 0 amide bonds. The van der Waals surface area contributed by atoms with Crippen molar-refractivity contribution >= 4 is 17.3 Å². The Morgan fingerprint density at radius 2 is 2.06 bits per heavy atom. The van der Waals surface area contributed by atoms with E-state index in [4.69, 9.17) is 16.9 Å². The van der Waals surface area contributed by atoms with Crippen molar-refractivity contribution in [3.05, 3.63) is 58.9 Å². The second kappa shape index (κ2) is 5.52. The molecule has 0 aliphatic rings. The van der Waals surface area contributed by atoms with Crippen LogP contribution in [-0.2, 0) is 6.54 Å². The third-order valence-electron chi connectivity index (χ3n) is 2.59. The molecule has 1 aromatic heterocycles. The summed E-state index contributed by atoms with van der Waals surface area (Å²) in [7, 11) is 1.96. The van der Waals surface area contributed by atoms with Crippen molar-refractivity contribution in [2.75, 3.05) is 11.9 Å². The second-order valence-electron chi connectivity index (χ2n) is 3.97. The van der Waals surface area contributed by atoms with Crippen LogP contribution >= 0.6 is 11.6 Å². The highest BCUT2D eigenvalue weighted by atomic mass is 35.5. The lowest BCUT2D eigenvalue weighted by atomic mass is 10.2. The lowest BCUT2D eigenvalue weighted by Crippen LogP contribution is -2.17. The van der Waals surface area contributed by atoms with Crippen LogP contribution in [0.1, 0.15) is 11.3 Å². The van der Waals surface area contributed by atoms with Crippen molar-refractivity contribution < 1.29 is 0 Å². The lowest BCUT2D eigenvalue weighted by Gasteiger charge is -2.19. The fourth-order valence-electron chi connectivity index (χ4n) is 1.69. The summed E-state index contributed by atoms with van der Waals surface area (Å²) in [6.45, 7) is 0.648. The molecule has 0 N–H and O–H groups in total. The zero-order chi connectivity index (χ0) is 13.0. The number of aromatic nitrogens is 1. The maximum absolute atomic E-state index is 8.87. The summed E-state index contributed by atoms with van der Waals surface area (Å²) in [5.74, 6) is 0. The Labute approximate surface area is 111 Å². The van der Waals surface area contributed by atoms with Crippen LogP contribution in [0, 0.1) is 11.3 Å². The maximum Gasteiger partial charge on any atom is 0.129 e. The van der Waals surface area contributed by atoms with Crippen LogP contribution < -0.4 is 4.90 Å². The van der Waals surface area contributed by atoms with E-state index < -0.39 is 0 Å². The van der Waals surface area contributed by atoms with Gasteiger partial charge in [-0.05, 0) is 30.3 Å². The van der Waals surface area contributed by atoms with Crippen LogP contribution in [0.4, 0.5) is 5.69 Å². The van der Waals surface area contributed by atoms with Crippen LogP contribution in [0.5, 0.6) is 0 Å². The van der Waals surface area contributed by atoms with Gasteiger partial charge in [0, 0.05) is 12.7 Å². The van der Waals surface area contributed by atoms with Crippen LogP contribution in [0.15, 0.2) is 42.5 Å². The fraction of sp³-hybridized carbons (Fsp3) is 0.143. The Morgan fingerprint density at radius 3 is 2.78 bits per heavy atom. The van der Waals surface area contributed by atoms with Gasteiger partial charge in [-0.15, -0.1) is 0 Å². The largest absolute Gasteiger partial charge is 0.369 e. The van der Waals surface area contributed by atoms with Gasteiger partial charge in [0.15, 0.2) is 0 Å². The molecule has 0 spiro atoms. The van der Waals surface area contributed by atoms with Crippen LogP contribution in [0.3, 0.4) is 0 Å². The molecule has 0 aliphatic heterocycles. The first kappa shape index (κ1) is 12.4. The van der Waals surface area contributed by atoms with E-state index in [-0.39, 0.29) is 0 Å². The number of halogens is 1. The predicted octanol–water partition coefficient (Wildman–Crippen LogP) is 3.24. The molecule has 3 nitrogen and oxygen atoms in total. The number of anilines is 1. The minimum Gasteiger partial charge on any atom is -0.369 e. The average Bonchev–Trinajstić information content (AvgIpc) is 2.39. The smallest absolute Gasteiger partial charge is 0.129 e. The average molecular weight is 258 g/mol. The maximum atomic E-state index is 8.87. The third-order valence-corrected chi connectivity index (χ3v) is 2.80. The molecule has 0 aliphatic carbocycles. The topological polar surface area (TPSA) is 39.9 Å². The first-order valence-corrected chi connectivity index (χ1v) is 5.89. The fourth-order valence-corrected chi connectivity index (χ4v) is 1.87. The molecular formula is C14H12ClN3. The number of nitriles is 1. The molecule has 0 radical (unpaired) electrons. The van der Waals surface area contributed by atoms with Crippen molar-refractivity contribution in [1.29, 1.82) is 5.26 Å². The van der Waals surface area contributed by atoms with E-state index >= 15 is 0 Å². The molecule has 0 bridgehead atoms. The number of pyridine rings is 1. The first-order valence-electron chi connectivity index (χ1n) is 5.52. The van der Waals surface area contributed by atoms with Gasteiger partial charge in [-0.2, -0.15) is 5.26 Å². The molecule has 1 aromatic carbocycles. The highest BCUT2D eigenvalue weighted by Gasteiger charge is 2.04. The molecule has 0 saturated carbocycles. The standard InChI is InChI=1S/C14H12ClN3/c1-18(10-12-5-3-7-14(15)17-12)13-6-2-4-11(8-13)9-16/h2-8H,10H2,1H3. The number of benzene rings is 1. The van der Waals surface area contributed by atoms with E-state index in [0.717, 1.165) is 11.4 Å². The van der Waals surface area contributed by atoms with Gasteiger partial charge in [-0.1, -0.05) is 23.7 Å². The van der Waals surface area contributed by atoms with E-state index in [9.17, 15) is 0 Å². The van der Waals surface area contributed by atoms with E-state index in [0.29, 0.717) is 17.3 Å². The molecular weight excluding hydrogens is 246 g/mol. The van der Waals surface area contributed by atoms with Gasteiger partial charge in [0.1, 0.15) is 5.15 Å². The van der Waals surface area contributed by atoms with Crippen molar-refractivity contribution in [1.82, 2.24) is 4.98 Å². The van der Waals surface area contributed by atoms with Gasteiger partial charge in [0.05, 0.1) is 23.9 Å². The van der Waals surface area contributed by atoms with E-state index in [1.165, 1.54) is 0 Å². The summed E-state index contributed by atoms with van der Waals surface area (Å²) >= 11 is 5.85. The number of nitrogens with zero attached hydrogens (tertiary/aromatic N) is 3. The Balaban J connectivity index is 2.17. The van der Waals surface area contributed by atoms with Crippen molar-refractivity contribution in [2.45, 2.75) is 6.54 Å². The normalized spacial score (nSPS) is 9.83. The minimum atomic E-state index is 0.492.